The van der Waals surface area contributed by atoms with Crippen LogP contribution in [0.1, 0.15) is 22.0 Å². The molecule has 2 rings (SSSR count). The van der Waals surface area contributed by atoms with Crippen LogP contribution in [-0.2, 0) is 11.3 Å². The summed E-state index contributed by atoms with van der Waals surface area (Å²) in [5.41, 5.74) is 6.95. The minimum absolute atomic E-state index is 0. The Hall–Kier alpha value is -0.450. The third kappa shape index (κ3) is 6.76. The summed E-state index contributed by atoms with van der Waals surface area (Å²) in [5, 5.41) is 4.18. The molecular weight excluding hydrogens is 413 g/mol. The van der Waals surface area contributed by atoms with E-state index in [2.05, 4.69) is 27.1 Å². The molecule has 0 aliphatic carbocycles. The van der Waals surface area contributed by atoms with Gasteiger partial charge in [0.1, 0.15) is 5.01 Å². The van der Waals surface area contributed by atoms with Crippen molar-refractivity contribution in [3.8, 4) is 0 Å². The third-order valence-corrected chi connectivity index (χ3v) is 4.58. The van der Waals surface area contributed by atoms with E-state index in [4.69, 9.17) is 10.5 Å². The number of ether oxygens (including phenoxy) is 1. The van der Waals surface area contributed by atoms with E-state index in [1.165, 1.54) is 4.88 Å². The summed E-state index contributed by atoms with van der Waals surface area (Å²) in [6.45, 7) is 10.4. The summed E-state index contributed by atoms with van der Waals surface area (Å²) in [6, 6.07) is 0. The molecule has 1 saturated heterocycles. The molecule has 0 amide bonds. The fraction of sp³-hybridized carbons (Fsp3) is 0.714. The molecule has 126 valence electrons. The van der Waals surface area contributed by atoms with Gasteiger partial charge < -0.3 is 15.8 Å². The van der Waals surface area contributed by atoms with Crippen molar-refractivity contribution in [2.75, 3.05) is 39.4 Å². The van der Waals surface area contributed by atoms with Crippen LogP contribution < -0.4 is 11.1 Å². The van der Waals surface area contributed by atoms with Gasteiger partial charge in [0.05, 0.1) is 25.5 Å². The van der Waals surface area contributed by atoms with E-state index < -0.39 is 0 Å². The highest BCUT2D eigenvalue weighted by atomic mass is 127. The van der Waals surface area contributed by atoms with Gasteiger partial charge in [0.2, 0.25) is 0 Å². The number of hydrogen-bond acceptors (Lipinski definition) is 5. The second-order valence-corrected chi connectivity index (χ2v) is 6.47. The lowest BCUT2D eigenvalue weighted by Gasteiger charge is -2.26. The van der Waals surface area contributed by atoms with Gasteiger partial charge in [-0.3, -0.25) is 4.90 Å². The van der Waals surface area contributed by atoms with Gasteiger partial charge in [-0.1, -0.05) is 0 Å². The van der Waals surface area contributed by atoms with E-state index in [1.54, 1.807) is 11.3 Å². The Kier molecular flexibility index (Phi) is 9.22. The fourth-order valence-electron chi connectivity index (χ4n) is 2.16. The highest BCUT2D eigenvalue weighted by molar-refractivity contribution is 14.0. The lowest BCUT2D eigenvalue weighted by atomic mass is 10.3. The molecule has 0 aromatic carbocycles. The predicted molar refractivity (Wildman–Crippen MR) is 102 cm³/mol. The number of nitrogens with one attached hydrogen (secondary N) is 1. The smallest absolute Gasteiger partial charge is 0.189 e. The second kappa shape index (κ2) is 10.3. The molecule has 0 saturated carbocycles. The Labute approximate surface area is 153 Å². The van der Waals surface area contributed by atoms with Crippen molar-refractivity contribution < 1.29 is 4.74 Å². The monoisotopic (exact) mass is 439 g/mol. The molecule has 0 unspecified atom stereocenters. The topological polar surface area (TPSA) is 75.8 Å². The maximum Gasteiger partial charge on any atom is 0.189 e. The van der Waals surface area contributed by atoms with Crippen molar-refractivity contribution in [1.82, 2.24) is 15.2 Å². The number of guanidine groups is 1. The molecule has 8 heteroatoms. The molecule has 0 bridgehead atoms. The van der Waals surface area contributed by atoms with E-state index in [0.717, 1.165) is 56.5 Å². The Bertz CT molecular complexity index is 454. The van der Waals surface area contributed by atoms with Crippen molar-refractivity contribution in [1.29, 1.82) is 0 Å². The van der Waals surface area contributed by atoms with Crippen molar-refractivity contribution in [3.05, 3.63) is 15.6 Å². The van der Waals surface area contributed by atoms with Crippen molar-refractivity contribution in [3.63, 3.8) is 0 Å². The zero-order chi connectivity index (χ0) is 15.1. The molecule has 6 nitrogen and oxygen atoms in total. The molecule has 1 aromatic heterocycles. The molecule has 1 aromatic rings. The van der Waals surface area contributed by atoms with Gasteiger partial charge in [-0.15, -0.1) is 35.3 Å². The van der Waals surface area contributed by atoms with E-state index >= 15 is 0 Å². The number of aromatic nitrogens is 1. The van der Waals surface area contributed by atoms with Crippen LogP contribution in [0.3, 0.4) is 0 Å². The van der Waals surface area contributed by atoms with Crippen LogP contribution in [0.4, 0.5) is 0 Å². The number of nitrogens with zero attached hydrogens (tertiary/aromatic N) is 3. The first-order chi connectivity index (χ1) is 10.1. The van der Waals surface area contributed by atoms with Gasteiger partial charge in [-0.2, -0.15) is 0 Å². The molecule has 0 atom stereocenters. The third-order valence-electron chi connectivity index (χ3n) is 3.52. The molecule has 0 spiro atoms. The Morgan fingerprint density at radius 1 is 1.41 bits per heavy atom. The lowest BCUT2D eigenvalue weighted by molar-refractivity contribution is 0.0376. The molecule has 1 aliphatic heterocycles. The van der Waals surface area contributed by atoms with Crippen LogP contribution in [0.15, 0.2) is 4.99 Å². The highest BCUT2D eigenvalue weighted by Gasteiger charge is 2.09. The summed E-state index contributed by atoms with van der Waals surface area (Å²) >= 11 is 1.68. The number of halogens is 1. The summed E-state index contributed by atoms with van der Waals surface area (Å²) in [5.74, 6) is 0.502. The van der Waals surface area contributed by atoms with E-state index in [9.17, 15) is 0 Å². The fourth-order valence-corrected chi connectivity index (χ4v) is 3.02. The zero-order valence-electron chi connectivity index (χ0n) is 13.3. The average molecular weight is 439 g/mol. The number of morpholine rings is 1. The number of thiazole rings is 1. The summed E-state index contributed by atoms with van der Waals surface area (Å²) in [4.78, 5) is 12.4. The molecule has 3 N–H and O–H groups in total. The lowest BCUT2D eigenvalue weighted by Crippen LogP contribution is -2.39. The number of rotatable bonds is 6. The number of aryl methyl sites for hydroxylation is 2. The quantitative estimate of drug-likeness (QED) is 0.304. The molecule has 1 aliphatic rings. The molecule has 0 radical (unpaired) electrons. The summed E-state index contributed by atoms with van der Waals surface area (Å²) in [7, 11) is 0. The van der Waals surface area contributed by atoms with Crippen LogP contribution >= 0.6 is 35.3 Å². The van der Waals surface area contributed by atoms with Gasteiger partial charge in [0.25, 0.3) is 0 Å². The average Bonchev–Trinajstić information content (AvgIpc) is 2.81. The Morgan fingerprint density at radius 3 is 2.77 bits per heavy atom. The first-order valence-corrected chi connectivity index (χ1v) is 8.23. The van der Waals surface area contributed by atoms with Crippen LogP contribution in [0, 0.1) is 13.8 Å². The first-order valence-electron chi connectivity index (χ1n) is 7.42. The van der Waals surface area contributed by atoms with Crippen molar-refractivity contribution >= 4 is 41.3 Å². The zero-order valence-corrected chi connectivity index (χ0v) is 16.4. The van der Waals surface area contributed by atoms with Crippen LogP contribution in [0.2, 0.25) is 0 Å². The molecular formula is C14H26IN5OS. The van der Waals surface area contributed by atoms with Gasteiger partial charge in [-0.25, -0.2) is 9.98 Å². The van der Waals surface area contributed by atoms with E-state index in [-0.39, 0.29) is 24.0 Å². The molecule has 2 heterocycles. The van der Waals surface area contributed by atoms with E-state index in [1.807, 2.05) is 6.92 Å². The number of aliphatic imine (C=N–C) groups is 1. The van der Waals surface area contributed by atoms with Gasteiger partial charge in [0, 0.05) is 24.5 Å². The van der Waals surface area contributed by atoms with Crippen molar-refractivity contribution in [2.24, 2.45) is 10.7 Å². The molecule has 1 fully saturated rings. The van der Waals surface area contributed by atoms with Crippen LogP contribution in [-0.4, -0.2) is 55.2 Å². The van der Waals surface area contributed by atoms with Gasteiger partial charge >= 0.3 is 0 Å². The standard InChI is InChI=1S/C14H25N5OS.HI/c1-11-12(2)21-13(18-11)10-17-14(15)16-4-3-5-19-6-8-20-9-7-19;/h3-10H2,1-2H3,(H3,15,16,17);1H. The predicted octanol–water partition coefficient (Wildman–Crippen LogP) is 1.50. The largest absolute Gasteiger partial charge is 0.379 e. The SMILES string of the molecule is Cc1nc(CN=C(N)NCCCN2CCOCC2)sc1C.I. The Morgan fingerprint density at radius 2 is 2.14 bits per heavy atom. The van der Waals surface area contributed by atoms with E-state index in [0.29, 0.717) is 12.5 Å². The number of hydrogen-bond donors (Lipinski definition) is 2. The summed E-state index contributed by atoms with van der Waals surface area (Å²) in [6.07, 6.45) is 1.06. The normalized spacial score (nSPS) is 16.4. The Balaban J connectivity index is 0.00000242. The first kappa shape index (κ1) is 19.6. The maximum atomic E-state index is 5.87. The second-order valence-electron chi connectivity index (χ2n) is 5.19. The molecule has 22 heavy (non-hydrogen) atoms. The summed E-state index contributed by atoms with van der Waals surface area (Å²) < 4.78 is 5.33. The highest BCUT2D eigenvalue weighted by Crippen LogP contribution is 2.16. The van der Waals surface area contributed by atoms with Gasteiger partial charge in [-0.05, 0) is 26.8 Å². The van der Waals surface area contributed by atoms with Crippen molar-refractivity contribution in [2.45, 2.75) is 26.8 Å². The number of nitrogens with two attached hydrogens (primary N) is 1. The van der Waals surface area contributed by atoms with Crippen LogP contribution in [0.25, 0.3) is 0 Å². The van der Waals surface area contributed by atoms with Crippen LogP contribution in [0.5, 0.6) is 0 Å². The maximum absolute atomic E-state index is 5.87. The van der Waals surface area contributed by atoms with Gasteiger partial charge in [0.15, 0.2) is 5.96 Å². The minimum atomic E-state index is 0. The minimum Gasteiger partial charge on any atom is -0.379 e.